The monoisotopic (exact) mass is 318 g/mol. The van der Waals surface area contributed by atoms with Gasteiger partial charge in [-0.1, -0.05) is 0 Å². The summed E-state index contributed by atoms with van der Waals surface area (Å²) in [5, 5.41) is 7.57. The minimum Gasteiger partial charge on any atom is -0.372 e. The summed E-state index contributed by atoms with van der Waals surface area (Å²) in [4.78, 5) is 10.5. The lowest BCUT2D eigenvalue weighted by Gasteiger charge is -2.33. The zero-order valence-electron chi connectivity index (χ0n) is 12.4. The van der Waals surface area contributed by atoms with Crippen molar-refractivity contribution in [2.24, 2.45) is 4.99 Å². The van der Waals surface area contributed by atoms with Gasteiger partial charge >= 0.3 is 0 Å². The van der Waals surface area contributed by atoms with Crippen molar-refractivity contribution in [1.29, 1.82) is 0 Å². The summed E-state index contributed by atoms with van der Waals surface area (Å²) in [5.74, 6) is -2.57. The van der Waals surface area contributed by atoms with Gasteiger partial charge in [-0.3, -0.25) is 4.99 Å². The Kier molecular flexibility index (Phi) is 3.24. The number of halogens is 2. The molecule has 0 aromatic carbocycles. The number of allylic oxidation sites excluding steroid dienone is 1. The highest BCUT2D eigenvalue weighted by Gasteiger charge is 2.34. The van der Waals surface area contributed by atoms with Crippen molar-refractivity contribution in [3.8, 4) is 0 Å². The average Bonchev–Trinajstić information content (AvgIpc) is 3.03. The number of nitrogens with one attached hydrogen (secondary N) is 1. The lowest BCUT2D eigenvalue weighted by molar-refractivity contribution is -0.0220. The lowest BCUT2D eigenvalue weighted by atomic mass is 10.1. The summed E-state index contributed by atoms with van der Waals surface area (Å²) in [6.07, 6.45) is 6.76. The van der Waals surface area contributed by atoms with E-state index >= 15 is 0 Å². The molecule has 120 valence electrons. The van der Waals surface area contributed by atoms with Crippen LogP contribution >= 0.6 is 0 Å². The molecule has 0 saturated carbocycles. The second-order valence-electron chi connectivity index (χ2n) is 5.73. The van der Waals surface area contributed by atoms with Crippen LogP contribution in [0.15, 0.2) is 29.7 Å². The van der Waals surface area contributed by atoms with E-state index in [9.17, 15) is 8.78 Å². The number of piperidine rings is 1. The van der Waals surface area contributed by atoms with Crippen LogP contribution in [0.4, 0.5) is 14.5 Å². The molecule has 0 bridgehead atoms. The Morgan fingerprint density at radius 3 is 2.78 bits per heavy atom. The SMILES string of the molecule is FC1(F)CCN(c2cc(C3=CNCN=C3)nn3ccnc23)CC1. The summed E-state index contributed by atoms with van der Waals surface area (Å²) in [6, 6.07) is 1.90. The fourth-order valence-electron chi connectivity index (χ4n) is 2.88. The number of aromatic nitrogens is 3. The Hall–Kier alpha value is -2.51. The maximum absolute atomic E-state index is 13.4. The van der Waals surface area contributed by atoms with Crippen LogP contribution in [0.1, 0.15) is 18.5 Å². The van der Waals surface area contributed by atoms with E-state index in [0.717, 1.165) is 17.0 Å². The van der Waals surface area contributed by atoms with E-state index in [1.807, 2.05) is 17.2 Å². The Labute approximate surface area is 131 Å². The zero-order valence-corrected chi connectivity index (χ0v) is 12.4. The van der Waals surface area contributed by atoms with Crippen molar-refractivity contribution in [3.63, 3.8) is 0 Å². The number of rotatable bonds is 2. The van der Waals surface area contributed by atoms with Crippen molar-refractivity contribution < 1.29 is 8.78 Å². The smallest absolute Gasteiger partial charge is 0.251 e. The maximum atomic E-state index is 13.4. The van der Waals surface area contributed by atoms with Crippen molar-refractivity contribution in [3.05, 3.63) is 30.4 Å². The Bertz CT molecular complexity index is 784. The van der Waals surface area contributed by atoms with E-state index in [1.54, 1.807) is 23.1 Å². The average molecular weight is 318 g/mol. The van der Waals surface area contributed by atoms with Gasteiger partial charge in [0.05, 0.1) is 11.4 Å². The van der Waals surface area contributed by atoms with Gasteiger partial charge in [0.1, 0.15) is 6.67 Å². The Morgan fingerprint density at radius 2 is 2.04 bits per heavy atom. The molecule has 6 nitrogen and oxygen atoms in total. The molecule has 23 heavy (non-hydrogen) atoms. The van der Waals surface area contributed by atoms with Crippen LogP contribution in [0.5, 0.6) is 0 Å². The third kappa shape index (κ3) is 2.64. The van der Waals surface area contributed by atoms with Crippen LogP contribution in [0.25, 0.3) is 11.2 Å². The van der Waals surface area contributed by atoms with Gasteiger partial charge in [0.15, 0.2) is 5.65 Å². The first-order chi connectivity index (χ1) is 11.1. The molecule has 0 spiro atoms. The van der Waals surface area contributed by atoms with Gasteiger partial charge in [0, 0.05) is 56.3 Å². The lowest BCUT2D eigenvalue weighted by Crippen LogP contribution is -2.39. The molecule has 4 heterocycles. The van der Waals surface area contributed by atoms with Crippen molar-refractivity contribution >= 4 is 23.1 Å². The molecule has 4 rings (SSSR count). The minimum absolute atomic E-state index is 0.136. The van der Waals surface area contributed by atoms with Crippen LogP contribution in [0.3, 0.4) is 0 Å². The largest absolute Gasteiger partial charge is 0.372 e. The normalized spacial score (nSPS) is 20.4. The molecule has 2 aromatic heterocycles. The van der Waals surface area contributed by atoms with Gasteiger partial charge in [-0.25, -0.2) is 18.3 Å². The molecule has 0 unspecified atom stereocenters. The first-order valence-corrected chi connectivity index (χ1v) is 7.53. The van der Waals surface area contributed by atoms with Crippen LogP contribution in [-0.4, -0.2) is 46.5 Å². The molecule has 1 N–H and O–H groups in total. The summed E-state index contributed by atoms with van der Waals surface area (Å²) in [7, 11) is 0. The van der Waals surface area contributed by atoms with Crippen molar-refractivity contribution in [1.82, 2.24) is 19.9 Å². The van der Waals surface area contributed by atoms with Gasteiger partial charge in [0.2, 0.25) is 0 Å². The summed E-state index contributed by atoms with van der Waals surface area (Å²) in [5.41, 5.74) is 3.10. The van der Waals surface area contributed by atoms with E-state index in [4.69, 9.17) is 0 Å². The zero-order chi connectivity index (χ0) is 15.9. The second-order valence-corrected chi connectivity index (χ2v) is 5.73. The summed E-state index contributed by atoms with van der Waals surface area (Å²) < 4.78 is 28.5. The molecule has 2 aliphatic rings. The highest BCUT2D eigenvalue weighted by molar-refractivity contribution is 6.09. The predicted molar refractivity (Wildman–Crippen MR) is 83.9 cm³/mol. The van der Waals surface area contributed by atoms with E-state index in [-0.39, 0.29) is 12.8 Å². The fourth-order valence-corrected chi connectivity index (χ4v) is 2.88. The molecule has 2 aliphatic heterocycles. The number of fused-ring (bicyclic) bond motifs is 1. The van der Waals surface area contributed by atoms with E-state index in [2.05, 4.69) is 20.4 Å². The minimum atomic E-state index is -2.57. The molecule has 0 atom stereocenters. The fraction of sp³-hybridized carbons (Fsp3) is 0.400. The first-order valence-electron chi connectivity index (χ1n) is 7.53. The topological polar surface area (TPSA) is 57.8 Å². The van der Waals surface area contributed by atoms with Crippen LogP contribution < -0.4 is 10.2 Å². The van der Waals surface area contributed by atoms with Crippen LogP contribution in [0.2, 0.25) is 0 Å². The van der Waals surface area contributed by atoms with Gasteiger partial charge in [-0.05, 0) is 6.07 Å². The number of alkyl halides is 2. The number of anilines is 1. The number of aliphatic imine (C=N–C) groups is 1. The molecule has 8 heteroatoms. The molecule has 0 amide bonds. The molecular weight excluding hydrogens is 302 g/mol. The molecule has 0 aliphatic carbocycles. The second kappa shape index (κ2) is 5.29. The van der Waals surface area contributed by atoms with E-state index in [1.165, 1.54) is 0 Å². The highest BCUT2D eigenvalue weighted by Crippen LogP contribution is 2.32. The van der Waals surface area contributed by atoms with Gasteiger partial charge in [-0.2, -0.15) is 5.10 Å². The predicted octanol–water partition coefficient (Wildman–Crippen LogP) is 1.94. The third-order valence-corrected chi connectivity index (χ3v) is 4.14. The Balaban J connectivity index is 1.75. The van der Waals surface area contributed by atoms with E-state index < -0.39 is 5.92 Å². The van der Waals surface area contributed by atoms with Crippen LogP contribution in [0, 0.1) is 0 Å². The van der Waals surface area contributed by atoms with E-state index in [0.29, 0.717) is 25.4 Å². The number of imidazole rings is 1. The number of hydrogen-bond acceptors (Lipinski definition) is 5. The first kappa shape index (κ1) is 14.1. The molecule has 1 saturated heterocycles. The number of hydrogen-bond donors (Lipinski definition) is 1. The van der Waals surface area contributed by atoms with Crippen molar-refractivity contribution in [2.45, 2.75) is 18.8 Å². The van der Waals surface area contributed by atoms with Gasteiger partial charge in [0.25, 0.3) is 5.92 Å². The third-order valence-electron chi connectivity index (χ3n) is 4.14. The Morgan fingerprint density at radius 1 is 1.22 bits per heavy atom. The standard InChI is InChI=1S/C15H16F2N6/c16-15(17)1-4-22(5-2-15)13-7-12(11-8-18-10-19-9-11)21-23-6-3-20-14(13)23/h3,6-9,18H,1-2,4-5,10H2. The van der Waals surface area contributed by atoms with Crippen LogP contribution in [-0.2, 0) is 0 Å². The van der Waals surface area contributed by atoms with Crippen molar-refractivity contribution in [2.75, 3.05) is 24.7 Å². The van der Waals surface area contributed by atoms with Gasteiger partial charge < -0.3 is 10.2 Å². The summed E-state index contributed by atoms with van der Waals surface area (Å²) >= 11 is 0. The summed E-state index contributed by atoms with van der Waals surface area (Å²) in [6.45, 7) is 1.17. The highest BCUT2D eigenvalue weighted by atomic mass is 19.3. The molecule has 2 aromatic rings. The molecular formula is C15H16F2N6. The maximum Gasteiger partial charge on any atom is 0.251 e. The quantitative estimate of drug-likeness (QED) is 0.919. The molecule has 0 radical (unpaired) electrons. The molecule has 1 fully saturated rings. The van der Waals surface area contributed by atoms with Gasteiger partial charge in [-0.15, -0.1) is 0 Å². The number of nitrogens with zero attached hydrogens (tertiary/aromatic N) is 5.